The molecule has 0 saturated carbocycles. The maximum absolute atomic E-state index is 12.0. The average molecular weight is 334 g/mol. The molecule has 0 atom stereocenters. The Balaban J connectivity index is 1.97. The molecular weight excluding hydrogens is 318 g/mol. The predicted octanol–water partition coefficient (Wildman–Crippen LogP) is 3.77. The third-order valence-corrected chi connectivity index (χ3v) is 3.54. The van der Waals surface area contributed by atoms with Gasteiger partial charge in [0.05, 0.1) is 13.5 Å². The first-order valence-electron chi connectivity index (χ1n) is 6.29. The highest BCUT2D eigenvalue weighted by molar-refractivity contribution is 9.08. The lowest BCUT2D eigenvalue weighted by Gasteiger charge is -2.07. The minimum atomic E-state index is -0.0260. The van der Waals surface area contributed by atoms with Crippen LogP contribution >= 0.6 is 15.9 Å². The second kappa shape index (κ2) is 7.10. The van der Waals surface area contributed by atoms with Crippen LogP contribution in [0.4, 0.5) is 5.69 Å². The van der Waals surface area contributed by atoms with Crippen LogP contribution in [0, 0.1) is 0 Å². The number of carbonyl (C=O) groups is 1. The van der Waals surface area contributed by atoms with Gasteiger partial charge >= 0.3 is 0 Å². The number of benzene rings is 2. The molecule has 1 N–H and O–H groups in total. The Kier molecular flexibility index (Phi) is 5.18. The van der Waals surface area contributed by atoms with Crippen LogP contribution < -0.4 is 10.1 Å². The van der Waals surface area contributed by atoms with E-state index in [4.69, 9.17) is 4.74 Å². The third-order valence-electron chi connectivity index (χ3n) is 2.89. The first-order valence-corrected chi connectivity index (χ1v) is 7.41. The van der Waals surface area contributed by atoms with Gasteiger partial charge in [-0.25, -0.2) is 0 Å². The number of carbonyl (C=O) groups excluding carboxylic acids is 1. The molecule has 3 nitrogen and oxygen atoms in total. The second-order valence-corrected chi connectivity index (χ2v) is 4.97. The fourth-order valence-electron chi connectivity index (χ4n) is 1.87. The number of hydrogen-bond acceptors (Lipinski definition) is 2. The molecule has 0 bridgehead atoms. The van der Waals surface area contributed by atoms with Crippen molar-refractivity contribution in [3.63, 3.8) is 0 Å². The van der Waals surface area contributed by atoms with Gasteiger partial charge in [-0.2, -0.15) is 0 Å². The number of alkyl halides is 1. The summed E-state index contributed by atoms with van der Waals surface area (Å²) in [6.45, 7) is 0. The van der Waals surface area contributed by atoms with Crippen molar-refractivity contribution in [2.24, 2.45) is 0 Å². The molecule has 0 unspecified atom stereocenters. The van der Waals surface area contributed by atoms with Crippen LogP contribution in [0.5, 0.6) is 5.75 Å². The molecule has 0 fully saturated rings. The smallest absolute Gasteiger partial charge is 0.228 e. The number of methoxy groups -OCH3 is 1. The molecule has 0 spiro atoms. The maximum atomic E-state index is 12.0. The molecule has 0 aromatic heterocycles. The predicted molar refractivity (Wildman–Crippen MR) is 84.4 cm³/mol. The van der Waals surface area contributed by atoms with E-state index in [0.29, 0.717) is 6.42 Å². The van der Waals surface area contributed by atoms with Crippen molar-refractivity contribution in [1.29, 1.82) is 0 Å². The fourth-order valence-corrected chi connectivity index (χ4v) is 2.21. The Morgan fingerprint density at radius 2 is 1.90 bits per heavy atom. The van der Waals surface area contributed by atoms with Crippen molar-refractivity contribution < 1.29 is 9.53 Å². The molecule has 0 saturated heterocycles. The summed E-state index contributed by atoms with van der Waals surface area (Å²) in [5.41, 5.74) is 2.91. The summed E-state index contributed by atoms with van der Waals surface area (Å²) in [4.78, 5) is 12.0. The van der Waals surface area contributed by atoms with Gasteiger partial charge in [-0.05, 0) is 35.4 Å². The van der Waals surface area contributed by atoms with Crippen LogP contribution in [-0.2, 0) is 16.5 Å². The van der Waals surface area contributed by atoms with Crippen molar-refractivity contribution in [1.82, 2.24) is 0 Å². The normalized spacial score (nSPS) is 10.1. The zero-order valence-electron chi connectivity index (χ0n) is 11.2. The quantitative estimate of drug-likeness (QED) is 0.846. The van der Waals surface area contributed by atoms with Crippen LogP contribution in [0.1, 0.15) is 11.1 Å². The Bertz CT molecular complexity index is 581. The Morgan fingerprint density at radius 1 is 1.15 bits per heavy atom. The first-order chi connectivity index (χ1) is 9.71. The monoisotopic (exact) mass is 333 g/mol. The van der Waals surface area contributed by atoms with Gasteiger partial charge in [-0.1, -0.05) is 40.2 Å². The van der Waals surface area contributed by atoms with E-state index in [1.54, 1.807) is 7.11 Å². The Morgan fingerprint density at radius 3 is 2.55 bits per heavy atom. The summed E-state index contributed by atoms with van der Waals surface area (Å²) in [6, 6.07) is 15.3. The number of anilines is 1. The molecule has 0 aliphatic heterocycles. The lowest BCUT2D eigenvalue weighted by Crippen LogP contribution is -2.14. The molecule has 0 radical (unpaired) electrons. The van der Waals surface area contributed by atoms with Crippen molar-refractivity contribution in [2.45, 2.75) is 11.8 Å². The summed E-state index contributed by atoms with van der Waals surface area (Å²) in [7, 11) is 1.62. The number of rotatable bonds is 5. The summed E-state index contributed by atoms with van der Waals surface area (Å²) >= 11 is 3.40. The van der Waals surface area contributed by atoms with E-state index in [1.807, 2.05) is 48.5 Å². The largest absolute Gasteiger partial charge is 0.497 e. The molecule has 104 valence electrons. The van der Waals surface area contributed by atoms with Crippen LogP contribution in [0.2, 0.25) is 0 Å². The van der Waals surface area contributed by atoms with Crippen LogP contribution in [0.15, 0.2) is 48.5 Å². The van der Waals surface area contributed by atoms with E-state index in [2.05, 4.69) is 21.2 Å². The minimum absolute atomic E-state index is 0.0260. The zero-order valence-corrected chi connectivity index (χ0v) is 12.8. The van der Waals surface area contributed by atoms with E-state index >= 15 is 0 Å². The highest BCUT2D eigenvalue weighted by Gasteiger charge is 2.05. The summed E-state index contributed by atoms with van der Waals surface area (Å²) < 4.78 is 5.09. The average Bonchev–Trinajstić information content (AvgIpc) is 2.48. The van der Waals surface area contributed by atoms with E-state index in [-0.39, 0.29) is 5.91 Å². The van der Waals surface area contributed by atoms with E-state index in [0.717, 1.165) is 27.9 Å². The molecule has 0 aliphatic carbocycles. The molecule has 2 aromatic carbocycles. The maximum Gasteiger partial charge on any atom is 0.228 e. The Hall–Kier alpha value is -1.81. The van der Waals surface area contributed by atoms with E-state index < -0.39 is 0 Å². The third kappa shape index (κ3) is 4.10. The molecule has 0 heterocycles. The first kappa shape index (κ1) is 14.6. The zero-order chi connectivity index (χ0) is 14.4. The molecular formula is C16H16BrNO2. The van der Waals surface area contributed by atoms with Gasteiger partial charge in [-0.15, -0.1) is 0 Å². The lowest BCUT2D eigenvalue weighted by molar-refractivity contribution is -0.115. The fraction of sp³-hybridized carbons (Fsp3) is 0.188. The molecule has 0 aliphatic rings. The molecule has 2 aromatic rings. The van der Waals surface area contributed by atoms with Crippen molar-refractivity contribution in [3.8, 4) is 5.75 Å². The van der Waals surface area contributed by atoms with Gasteiger partial charge in [0.15, 0.2) is 0 Å². The lowest BCUT2D eigenvalue weighted by atomic mass is 10.1. The van der Waals surface area contributed by atoms with E-state index in [1.165, 1.54) is 0 Å². The van der Waals surface area contributed by atoms with Gasteiger partial charge in [0.2, 0.25) is 5.91 Å². The number of halogens is 1. The van der Waals surface area contributed by atoms with Gasteiger partial charge < -0.3 is 10.1 Å². The number of nitrogens with one attached hydrogen (secondary N) is 1. The summed E-state index contributed by atoms with van der Waals surface area (Å²) in [6.07, 6.45) is 0.350. The summed E-state index contributed by atoms with van der Waals surface area (Å²) in [5, 5.41) is 3.68. The van der Waals surface area contributed by atoms with Crippen LogP contribution in [0.25, 0.3) is 0 Å². The minimum Gasteiger partial charge on any atom is -0.497 e. The van der Waals surface area contributed by atoms with Gasteiger partial charge in [0.25, 0.3) is 0 Å². The van der Waals surface area contributed by atoms with Gasteiger partial charge in [-0.3, -0.25) is 4.79 Å². The van der Waals surface area contributed by atoms with Gasteiger partial charge in [0.1, 0.15) is 5.75 Å². The Labute approximate surface area is 127 Å². The SMILES string of the molecule is COc1ccc(CC(=O)Nc2cccc(CBr)c2)cc1. The van der Waals surface area contributed by atoms with Crippen LogP contribution in [0.3, 0.4) is 0 Å². The number of hydrogen-bond donors (Lipinski definition) is 1. The number of ether oxygens (including phenoxy) is 1. The van der Waals surface area contributed by atoms with E-state index in [9.17, 15) is 4.79 Å². The summed E-state index contributed by atoms with van der Waals surface area (Å²) in [5.74, 6) is 0.765. The molecule has 1 amide bonds. The van der Waals surface area contributed by atoms with Crippen LogP contribution in [-0.4, -0.2) is 13.0 Å². The van der Waals surface area contributed by atoms with Gasteiger partial charge in [0, 0.05) is 11.0 Å². The van der Waals surface area contributed by atoms with Crippen molar-refractivity contribution >= 4 is 27.5 Å². The topological polar surface area (TPSA) is 38.3 Å². The highest BCUT2D eigenvalue weighted by atomic mass is 79.9. The van der Waals surface area contributed by atoms with Crippen molar-refractivity contribution in [2.75, 3.05) is 12.4 Å². The standard InChI is InChI=1S/C16H16BrNO2/c1-20-15-7-5-12(6-8-15)10-16(19)18-14-4-2-3-13(9-14)11-17/h2-9H,10-11H2,1H3,(H,18,19). The molecule has 20 heavy (non-hydrogen) atoms. The highest BCUT2D eigenvalue weighted by Crippen LogP contribution is 2.15. The molecule has 4 heteroatoms. The molecule has 2 rings (SSSR count). The second-order valence-electron chi connectivity index (χ2n) is 4.41. The number of amides is 1. The van der Waals surface area contributed by atoms with Crippen molar-refractivity contribution in [3.05, 3.63) is 59.7 Å².